The van der Waals surface area contributed by atoms with Crippen LogP contribution in [0.3, 0.4) is 0 Å². The Balaban J connectivity index is 2.32. The van der Waals surface area contributed by atoms with Gasteiger partial charge in [0, 0.05) is 18.8 Å². The molecule has 1 aromatic carbocycles. The molecule has 0 aliphatic heterocycles. The van der Waals surface area contributed by atoms with E-state index in [0.29, 0.717) is 6.54 Å². The summed E-state index contributed by atoms with van der Waals surface area (Å²) in [6.07, 6.45) is 0. The van der Waals surface area contributed by atoms with Crippen molar-refractivity contribution >= 4 is 11.5 Å². The number of benzene rings is 1. The minimum Gasteiger partial charge on any atom is -0.325 e. The van der Waals surface area contributed by atoms with Crippen LogP contribution in [0.5, 0.6) is 0 Å². The van der Waals surface area contributed by atoms with Crippen LogP contribution in [0.2, 0.25) is 0 Å². The number of nitrogens with two attached hydrogens (primary N) is 1. The highest BCUT2D eigenvalue weighted by atomic mass is 15.3. The average Bonchev–Trinajstić information content (AvgIpc) is 2.40. The zero-order chi connectivity index (χ0) is 13.0. The van der Waals surface area contributed by atoms with Crippen molar-refractivity contribution in [2.45, 2.75) is 20.4 Å². The Hall–Kier alpha value is -1.94. The predicted octanol–water partition coefficient (Wildman–Crippen LogP) is 2.40. The first-order valence-corrected chi connectivity index (χ1v) is 6.11. The first-order chi connectivity index (χ1) is 8.74. The van der Waals surface area contributed by atoms with Gasteiger partial charge in [0.25, 0.3) is 0 Å². The van der Waals surface area contributed by atoms with Gasteiger partial charge >= 0.3 is 0 Å². The Kier molecular flexibility index (Phi) is 3.89. The van der Waals surface area contributed by atoms with Crippen molar-refractivity contribution in [1.29, 1.82) is 0 Å². The van der Waals surface area contributed by atoms with Crippen molar-refractivity contribution < 1.29 is 0 Å². The number of aromatic nitrogens is 2. The first kappa shape index (κ1) is 12.5. The van der Waals surface area contributed by atoms with Gasteiger partial charge in [0.1, 0.15) is 0 Å². The summed E-state index contributed by atoms with van der Waals surface area (Å²) in [5.41, 5.74) is 8.69. The quantitative estimate of drug-likeness (QED) is 0.894. The molecule has 0 amide bonds. The number of rotatable bonds is 4. The molecule has 0 bridgehead atoms. The van der Waals surface area contributed by atoms with Crippen molar-refractivity contribution in [2.24, 2.45) is 5.73 Å². The number of hydrogen-bond acceptors (Lipinski definition) is 4. The van der Waals surface area contributed by atoms with Crippen molar-refractivity contribution in [1.82, 2.24) is 10.2 Å². The molecule has 0 aliphatic carbocycles. The SMILES string of the molecule is CCN(c1cccc(C)c1)c1ccc(CN)nn1. The minimum absolute atomic E-state index is 0.420. The third-order valence-corrected chi connectivity index (χ3v) is 2.82. The standard InChI is InChI=1S/C14H18N4/c1-3-18(13-6-4-5-11(2)9-13)14-8-7-12(10-15)16-17-14/h4-9H,3,10,15H2,1-2H3. The maximum absolute atomic E-state index is 5.52. The second-order valence-electron chi connectivity index (χ2n) is 4.17. The number of anilines is 2. The molecule has 1 aromatic heterocycles. The summed E-state index contributed by atoms with van der Waals surface area (Å²) < 4.78 is 0. The third kappa shape index (κ3) is 2.65. The van der Waals surface area contributed by atoms with E-state index in [0.717, 1.165) is 23.7 Å². The molecule has 0 radical (unpaired) electrons. The molecular formula is C14H18N4. The van der Waals surface area contributed by atoms with E-state index in [1.165, 1.54) is 5.56 Å². The second-order valence-corrected chi connectivity index (χ2v) is 4.17. The van der Waals surface area contributed by atoms with Gasteiger partial charge in [-0.15, -0.1) is 5.10 Å². The summed E-state index contributed by atoms with van der Waals surface area (Å²) in [6, 6.07) is 12.2. The Morgan fingerprint density at radius 1 is 1.17 bits per heavy atom. The Bertz CT molecular complexity index is 507. The topological polar surface area (TPSA) is 55.0 Å². The molecule has 4 heteroatoms. The predicted molar refractivity (Wildman–Crippen MR) is 73.8 cm³/mol. The first-order valence-electron chi connectivity index (χ1n) is 6.11. The molecule has 18 heavy (non-hydrogen) atoms. The normalized spacial score (nSPS) is 10.4. The molecule has 0 saturated heterocycles. The Labute approximate surface area is 107 Å². The molecule has 0 aliphatic rings. The van der Waals surface area contributed by atoms with E-state index in [-0.39, 0.29) is 0 Å². The summed E-state index contributed by atoms with van der Waals surface area (Å²) in [6.45, 7) is 5.45. The molecule has 2 N–H and O–H groups in total. The smallest absolute Gasteiger partial charge is 0.155 e. The summed E-state index contributed by atoms with van der Waals surface area (Å²) in [5, 5.41) is 8.32. The van der Waals surface area contributed by atoms with Gasteiger partial charge in [-0.05, 0) is 43.7 Å². The fraction of sp³-hybridized carbons (Fsp3) is 0.286. The Morgan fingerprint density at radius 3 is 2.56 bits per heavy atom. The van der Waals surface area contributed by atoms with Crippen LogP contribution in [0.25, 0.3) is 0 Å². The number of aryl methyl sites for hydroxylation is 1. The van der Waals surface area contributed by atoms with E-state index in [1.54, 1.807) is 0 Å². The van der Waals surface area contributed by atoms with Crippen LogP contribution >= 0.6 is 0 Å². The van der Waals surface area contributed by atoms with Crippen molar-refractivity contribution in [3.05, 3.63) is 47.7 Å². The summed E-state index contributed by atoms with van der Waals surface area (Å²) in [4.78, 5) is 2.13. The van der Waals surface area contributed by atoms with Crippen molar-refractivity contribution in [2.75, 3.05) is 11.4 Å². The van der Waals surface area contributed by atoms with Crippen LogP contribution < -0.4 is 10.6 Å². The molecule has 2 rings (SSSR count). The highest BCUT2D eigenvalue weighted by molar-refractivity contribution is 5.60. The number of hydrogen-bond donors (Lipinski definition) is 1. The number of nitrogens with zero attached hydrogens (tertiary/aromatic N) is 3. The fourth-order valence-corrected chi connectivity index (χ4v) is 1.88. The van der Waals surface area contributed by atoms with E-state index in [1.807, 2.05) is 12.1 Å². The van der Waals surface area contributed by atoms with E-state index in [4.69, 9.17) is 5.73 Å². The molecule has 0 unspecified atom stereocenters. The summed E-state index contributed by atoms with van der Waals surface area (Å²) in [7, 11) is 0. The van der Waals surface area contributed by atoms with Crippen LogP contribution in [0.15, 0.2) is 36.4 Å². The lowest BCUT2D eigenvalue weighted by Gasteiger charge is -2.21. The van der Waals surface area contributed by atoms with Crippen LogP contribution in [0.1, 0.15) is 18.2 Å². The molecular weight excluding hydrogens is 224 g/mol. The molecule has 2 aromatic rings. The van der Waals surface area contributed by atoms with E-state index in [2.05, 4.69) is 53.2 Å². The largest absolute Gasteiger partial charge is 0.325 e. The molecule has 94 valence electrons. The van der Waals surface area contributed by atoms with E-state index < -0.39 is 0 Å². The molecule has 4 nitrogen and oxygen atoms in total. The summed E-state index contributed by atoms with van der Waals surface area (Å²) in [5.74, 6) is 0.848. The second kappa shape index (κ2) is 5.60. The van der Waals surface area contributed by atoms with Gasteiger partial charge in [-0.3, -0.25) is 0 Å². The third-order valence-electron chi connectivity index (χ3n) is 2.82. The molecule has 0 fully saturated rings. The highest BCUT2D eigenvalue weighted by Crippen LogP contribution is 2.23. The van der Waals surface area contributed by atoms with Crippen molar-refractivity contribution in [3.63, 3.8) is 0 Å². The van der Waals surface area contributed by atoms with Gasteiger partial charge in [0.15, 0.2) is 5.82 Å². The van der Waals surface area contributed by atoms with Gasteiger partial charge in [0.05, 0.1) is 5.69 Å². The minimum atomic E-state index is 0.420. The lowest BCUT2D eigenvalue weighted by molar-refractivity contribution is 0.870. The van der Waals surface area contributed by atoms with Crippen LogP contribution in [0, 0.1) is 6.92 Å². The lowest BCUT2D eigenvalue weighted by atomic mass is 10.2. The van der Waals surface area contributed by atoms with Crippen LogP contribution in [-0.2, 0) is 6.54 Å². The van der Waals surface area contributed by atoms with Crippen LogP contribution in [0.4, 0.5) is 11.5 Å². The van der Waals surface area contributed by atoms with Crippen molar-refractivity contribution in [3.8, 4) is 0 Å². The molecule has 0 saturated carbocycles. The average molecular weight is 242 g/mol. The maximum atomic E-state index is 5.52. The van der Waals surface area contributed by atoms with E-state index in [9.17, 15) is 0 Å². The molecule has 0 atom stereocenters. The van der Waals surface area contributed by atoms with Gasteiger partial charge in [-0.2, -0.15) is 5.10 Å². The molecule has 1 heterocycles. The monoisotopic (exact) mass is 242 g/mol. The van der Waals surface area contributed by atoms with Gasteiger partial charge in [-0.1, -0.05) is 12.1 Å². The molecule has 0 spiro atoms. The zero-order valence-corrected chi connectivity index (χ0v) is 10.8. The van der Waals surface area contributed by atoms with Gasteiger partial charge in [-0.25, -0.2) is 0 Å². The van der Waals surface area contributed by atoms with Gasteiger partial charge < -0.3 is 10.6 Å². The lowest BCUT2D eigenvalue weighted by Crippen LogP contribution is -2.18. The van der Waals surface area contributed by atoms with Crippen LogP contribution in [-0.4, -0.2) is 16.7 Å². The maximum Gasteiger partial charge on any atom is 0.155 e. The van der Waals surface area contributed by atoms with E-state index >= 15 is 0 Å². The summed E-state index contributed by atoms with van der Waals surface area (Å²) >= 11 is 0. The Morgan fingerprint density at radius 2 is 2.00 bits per heavy atom. The highest BCUT2D eigenvalue weighted by Gasteiger charge is 2.09. The van der Waals surface area contributed by atoms with Gasteiger partial charge in [0.2, 0.25) is 0 Å². The zero-order valence-electron chi connectivity index (χ0n) is 10.8. The fourth-order valence-electron chi connectivity index (χ4n) is 1.88.